The minimum atomic E-state index is -1.02. The Hall–Kier alpha value is -1.77. The zero-order chi connectivity index (χ0) is 20.9. The Labute approximate surface area is 174 Å². The molecule has 6 rings (SSSR count). The van der Waals surface area contributed by atoms with Gasteiger partial charge in [0, 0.05) is 24.8 Å². The molecule has 0 N–H and O–H groups in total. The summed E-state index contributed by atoms with van der Waals surface area (Å²) in [6, 6.07) is 0. The van der Waals surface area contributed by atoms with E-state index in [0.717, 1.165) is 19.3 Å². The van der Waals surface area contributed by atoms with Crippen LogP contribution in [0.25, 0.3) is 0 Å². The lowest BCUT2D eigenvalue weighted by Crippen LogP contribution is -2.70. The topological polar surface area (TPSA) is 101 Å². The van der Waals surface area contributed by atoms with Gasteiger partial charge in [0.05, 0.1) is 30.3 Å². The fraction of sp³-hybridized carbons (Fsp3) is 0.773. The van der Waals surface area contributed by atoms with E-state index >= 15 is 0 Å². The number of cyclic esters (lactones) is 1. The lowest BCUT2D eigenvalue weighted by atomic mass is 9.42. The van der Waals surface area contributed by atoms with Gasteiger partial charge in [-0.1, -0.05) is 13.3 Å². The lowest BCUT2D eigenvalue weighted by molar-refractivity contribution is -0.292. The highest BCUT2D eigenvalue weighted by Crippen LogP contribution is 2.72. The van der Waals surface area contributed by atoms with Crippen molar-refractivity contribution in [3.8, 4) is 0 Å². The number of Topliss-reactive ketones (excluding diaryl/α,β-unsaturated/α-hetero) is 1. The number of rotatable bonds is 2. The second-order valence-corrected chi connectivity index (χ2v) is 9.82. The predicted octanol–water partition coefficient (Wildman–Crippen LogP) is 1.65. The average molecular weight is 418 g/mol. The highest BCUT2D eigenvalue weighted by atomic mass is 16.7. The van der Waals surface area contributed by atoms with E-state index in [1.165, 1.54) is 13.0 Å². The Bertz CT molecular complexity index is 874. The van der Waals surface area contributed by atoms with E-state index in [-0.39, 0.29) is 28.6 Å². The number of hydrogen-bond acceptors (Lipinski definition) is 8. The number of epoxide rings is 1. The van der Waals surface area contributed by atoms with E-state index in [2.05, 4.69) is 6.92 Å². The predicted molar refractivity (Wildman–Crippen MR) is 98.6 cm³/mol. The molecular formula is C22H26O8. The molecule has 6 aliphatic rings. The maximum Gasteiger partial charge on any atom is 0.339 e. The summed E-state index contributed by atoms with van der Waals surface area (Å²) in [6.07, 6.45) is 3.46. The molecule has 2 saturated carbocycles. The number of ether oxygens (including phenoxy) is 5. The molecule has 5 fully saturated rings. The van der Waals surface area contributed by atoms with E-state index < -0.39 is 36.0 Å². The minimum absolute atomic E-state index is 0.0783. The molecule has 0 aromatic heterocycles. The van der Waals surface area contributed by atoms with Crippen molar-refractivity contribution in [3.05, 3.63) is 11.6 Å². The lowest BCUT2D eigenvalue weighted by Gasteiger charge is -2.63. The van der Waals surface area contributed by atoms with Gasteiger partial charge in [0.2, 0.25) is 0 Å². The quantitative estimate of drug-likeness (QED) is 0.493. The van der Waals surface area contributed by atoms with Crippen molar-refractivity contribution in [1.29, 1.82) is 0 Å². The molecule has 4 aliphatic heterocycles. The molecule has 8 heteroatoms. The minimum Gasteiger partial charge on any atom is -0.421 e. The molecule has 162 valence electrons. The maximum absolute atomic E-state index is 13.4. The second-order valence-electron chi connectivity index (χ2n) is 9.82. The third kappa shape index (κ3) is 2.14. The molecule has 0 amide bonds. The Kier molecular flexibility index (Phi) is 3.74. The van der Waals surface area contributed by atoms with Crippen LogP contribution in [0.1, 0.15) is 46.0 Å². The molecule has 8 atom stereocenters. The fourth-order valence-electron chi connectivity index (χ4n) is 7.30. The van der Waals surface area contributed by atoms with Crippen LogP contribution in [0.4, 0.5) is 0 Å². The van der Waals surface area contributed by atoms with Gasteiger partial charge in [-0.05, 0) is 31.1 Å². The van der Waals surface area contributed by atoms with Crippen molar-refractivity contribution >= 4 is 17.7 Å². The van der Waals surface area contributed by atoms with Gasteiger partial charge in [-0.2, -0.15) is 0 Å². The highest BCUT2D eigenvalue weighted by Gasteiger charge is 2.79. The van der Waals surface area contributed by atoms with Crippen LogP contribution in [0, 0.1) is 22.7 Å². The normalized spacial score (nSPS) is 51.1. The van der Waals surface area contributed by atoms with Gasteiger partial charge < -0.3 is 23.7 Å². The highest BCUT2D eigenvalue weighted by molar-refractivity contribution is 5.92. The van der Waals surface area contributed by atoms with Crippen LogP contribution in [0.2, 0.25) is 0 Å². The third-order valence-electron chi connectivity index (χ3n) is 8.66. The van der Waals surface area contributed by atoms with Crippen molar-refractivity contribution in [1.82, 2.24) is 0 Å². The zero-order valence-corrected chi connectivity index (χ0v) is 17.2. The summed E-state index contributed by atoms with van der Waals surface area (Å²) in [5, 5.41) is 0. The Morgan fingerprint density at radius 3 is 2.80 bits per heavy atom. The van der Waals surface area contributed by atoms with Crippen molar-refractivity contribution in [3.63, 3.8) is 0 Å². The van der Waals surface area contributed by atoms with Crippen LogP contribution in [0.5, 0.6) is 0 Å². The summed E-state index contributed by atoms with van der Waals surface area (Å²) < 4.78 is 28.7. The monoisotopic (exact) mass is 418 g/mol. The first-order valence-corrected chi connectivity index (χ1v) is 10.9. The SMILES string of the molecule is CC(=O)O[C@H]1C=C([C@@H]2C[C@@]34[C@@H](OC[C@@]5(C(=O)C[C@H]3C)[C@@H]4CCC[C@]53CO3)O2)C(=O)O1. The van der Waals surface area contributed by atoms with Crippen LogP contribution in [0.3, 0.4) is 0 Å². The van der Waals surface area contributed by atoms with Gasteiger partial charge in [0.15, 0.2) is 6.29 Å². The van der Waals surface area contributed by atoms with E-state index in [1.807, 2.05) is 0 Å². The van der Waals surface area contributed by atoms with E-state index in [1.54, 1.807) is 0 Å². The molecule has 2 spiro atoms. The number of hydrogen-bond donors (Lipinski definition) is 0. The van der Waals surface area contributed by atoms with Gasteiger partial charge in [0.1, 0.15) is 11.4 Å². The van der Waals surface area contributed by atoms with Crippen molar-refractivity contribution in [2.24, 2.45) is 22.7 Å². The first-order valence-electron chi connectivity index (χ1n) is 10.9. The molecule has 0 aromatic rings. The average Bonchev–Trinajstić information content (AvgIpc) is 3.20. The standard InChI is InChI=1S/C22H26O8/c1-11-6-16(24)22-10-26-19-21(11,15(22)4-3-5-20(22)9-27-20)8-14(29-19)13-7-17(28-12(2)23)30-18(13)25/h7,11,14-15,17,19H,3-6,8-10H2,1-2H3/t11-,14+,15-,17-,19+,20+,21-,22+/m1/s1. The molecule has 0 radical (unpaired) electrons. The van der Waals surface area contributed by atoms with Crippen LogP contribution in [-0.2, 0) is 38.1 Å². The summed E-state index contributed by atoms with van der Waals surface area (Å²) >= 11 is 0. The Balaban J connectivity index is 1.37. The molecule has 3 saturated heterocycles. The molecule has 2 aliphatic carbocycles. The number of ketones is 1. The van der Waals surface area contributed by atoms with Crippen molar-refractivity contribution in [2.75, 3.05) is 13.2 Å². The number of carbonyl (C=O) groups is 3. The molecular weight excluding hydrogens is 392 g/mol. The molecule has 0 aromatic carbocycles. The summed E-state index contributed by atoms with van der Waals surface area (Å²) in [4.78, 5) is 37.1. The Morgan fingerprint density at radius 2 is 2.07 bits per heavy atom. The number of esters is 2. The molecule has 8 nitrogen and oxygen atoms in total. The van der Waals surface area contributed by atoms with Crippen LogP contribution in [0.15, 0.2) is 11.6 Å². The first-order chi connectivity index (χ1) is 14.3. The smallest absolute Gasteiger partial charge is 0.339 e. The number of carbonyl (C=O) groups excluding carboxylic acids is 3. The van der Waals surface area contributed by atoms with Gasteiger partial charge in [0.25, 0.3) is 6.29 Å². The second kappa shape index (κ2) is 5.93. The molecule has 4 heterocycles. The third-order valence-corrected chi connectivity index (χ3v) is 8.66. The van der Waals surface area contributed by atoms with Crippen molar-refractivity contribution < 1.29 is 38.1 Å². The van der Waals surface area contributed by atoms with Crippen molar-refractivity contribution in [2.45, 2.75) is 70.2 Å². The summed E-state index contributed by atoms with van der Waals surface area (Å²) in [7, 11) is 0. The van der Waals surface area contributed by atoms with Gasteiger partial charge in [-0.25, -0.2) is 4.79 Å². The van der Waals surface area contributed by atoms with E-state index in [9.17, 15) is 14.4 Å². The maximum atomic E-state index is 13.4. The zero-order valence-electron chi connectivity index (χ0n) is 17.2. The van der Waals surface area contributed by atoms with Crippen LogP contribution < -0.4 is 0 Å². The summed E-state index contributed by atoms with van der Waals surface area (Å²) in [6.45, 7) is 4.32. The van der Waals surface area contributed by atoms with E-state index in [0.29, 0.717) is 31.6 Å². The molecule has 2 bridgehead atoms. The largest absolute Gasteiger partial charge is 0.421 e. The summed E-state index contributed by atoms with van der Waals surface area (Å²) in [5.74, 6) is -0.593. The fourth-order valence-corrected chi connectivity index (χ4v) is 7.30. The van der Waals surface area contributed by atoms with Gasteiger partial charge in [-0.3, -0.25) is 9.59 Å². The summed E-state index contributed by atoms with van der Waals surface area (Å²) in [5.41, 5.74) is -0.958. The first kappa shape index (κ1) is 19.0. The van der Waals surface area contributed by atoms with Crippen LogP contribution in [-0.4, -0.2) is 55.2 Å². The molecule has 0 unspecified atom stereocenters. The van der Waals surface area contributed by atoms with Gasteiger partial charge in [-0.15, -0.1) is 0 Å². The van der Waals surface area contributed by atoms with Crippen LogP contribution >= 0.6 is 0 Å². The molecule has 30 heavy (non-hydrogen) atoms. The van der Waals surface area contributed by atoms with E-state index in [4.69, 9.17) is 23.7 Å². The Morgan fingerprint density at radius 1 is 1.27 bits per heavy atom. The van der Waals surface area contributed by atoms with Gasteiger partial charge >= 0.3 is 11.9 Å².